The van der Waals surface area contributed by atoms with E-state index in [0.29, 0.717) is 0 Å². The van der Waals surface area contributed by atoms with Crippen LogP contribution in [0.25, 0.3) is 0 Å². The molecule has 23 heavy (non-hydrogen) atoms. The van der Waals surface area contributed by atoms with E-state index in [4.69, 9.17) is 5.11 Å². The molecule has 8 heteroatoms. The van der Waals surface area contributed by atoms with Gasteiger partial charge in [-0.15, -0.1) is 0 Å². The fourth-order valence-electron chi connectivity index (χ4n) is 2.66. The molecule has 2 rings (SSSR count). The van der Waals surface area contributed by atoms with Crippen molar-refractivity contribution in [2.24, 2.45) is 11.8 Å². The zero-order valence-electron chi connectivity index (χ0n) is 12.4. The number of rotatable bonds is 3. The largest absolute Gasteiger partial charge is 0.481 e. The number of carboxylic acid groups (broad SMARTS) is 1. The van der Waals surface area contributed by atoms with Gasteiger partial charge in [-0.2, -0.15) is 13.2 Å². The lowest BCUT2D eigenvalue weighted by atomic mass is 9.96. The maximum absolute atomic E-state index is 12.9. The van der Waals surface area contributed by atoms with Gasteiger partial charge in [-0.3, -0.25) is 4.79 Å². The van der Waals surface area contributed by atoms with Crippen molar-refractivity contribution >= 4 is 12.0 Å². The van der Waals surface area contributed by atoms with Crippen LogP contribution in [0.3, 0.4) is 0 Å². The minimum absolute atomic E-state index is 0.172. The molecule has 0 unspecified atom stereocenters. The van der Waals surface area contributed by atoms with Crippen molar-refractivity contribution < 1.29 is 27.9 Å². The number of nitrogens with one attached hydrogen (secondary N) is 1. The van der Waals surface area contributed by atoms with Crippen molar-refractivity contribution in [1.29, 1.82) is 0 Å². The van der Waals surface area contributed by atoms with Crippen LogP contribution < -0.4 is 5.32 Å². The van der Waals surface area contributed by atoms with Gasteiger partial charge >= 0.3 is 18.2 Å². The van der Waals surface area contributed by atoms with Crippen molar-refractivity contribution in [3.63, 3.8) is 0 Å². The highest BCUT2D eigenvalue weighted by Gasteiger charge is 2.53. The van der Waals surface area contributed by atoms with Crippen LogP contribution in [-0.4, -0.2) is 41.3 Å². The van der Waals surface area contributed by atoms with E-state index in [9.17, 15) is 22.8 Å². The standard InChI is InChI=1S/C15H17F3N2O3/c1-9-3-2-4-10(5-9)6-19-14(23)20-7-11(13(21)22)12(8-20)15(16,17)18/h2-5,11-12H,6-8H2,1H3,(H,19,23)(H,21,22)/t11-,12-/m1/s1. The number of amides is 2. The highest BCUT2D eigenvalue weighted by molar-refractivity contribution is 5.77. The molecule has 1 aromatic rings. The first kappa shape index (κ1) is 17.1. The summed E-state index contributed by atoms with van der Waals surface area (Å²) >= 11 is 0. The van der Waals surface area contributed by atoms with Gasteiger partial charge in [0.1, 0.15) is 0 Å². The molecule has 1 aliphatic rings. The molecule has 2 N–H and O–H groups in total. The van der Waals surface area contributed by atoms with Crippen molar-refractivity contribution in [1.82, 2.24) is 10.2 Å². The van der Waals surface area contributed by atoms with Crippen LogP contribution in [0.15, 0.2) is 24.3 Å². The molecule has 0 radical (unpaired) electrons. The Kier molecular flexibility index (Phi) is 4.82. The summed E-state index contributed by atoms with van der Waals surface area (Å²) in [7, 11) is 0. The number of carbonyl (C=O) groups is 2. The third-order valence-corrected chi connectivity index (χ3v) is 3.87. The van der Waals surface area contributed by atoms with Crippen LogP contribution in [0.5, 0.6) is 0 Å². The highest BCUT2D eigenvalue weighted by atomic mass is 19.4. The molecular weight excluding hydrogens is 313 g/mol. The van der Waals surface area contributed by atoms with Gasteiger partial charge in [0.2, 0.25) is 0 Å². The second-order valence-corrected chi connectivity index (χ2v) is 5.65. The van der Waals surface area contributed by atoms with E-state index in [2.05, 4.69) is 5.32 Å². The number of nitrogens with zero attached hydrogens (tertiary/aromatic N) is 1. The number of halogens is 3. The van der Waals surface area contributed by atoms with Gasteiger partial charge < -0.3 is 15.3 Å². The number of benzene rings is 1. The number of urea groups is 1. The smallest absolute Gasteiger partial charge is 0.394 e. The number of hydrogen-bond acceptors (Lipinski definition) is 2. The van der Waals surface area contributed by atoms with E-state index < -0.39 is 43.1 Å². The maximum atomic E-state index is 12.9. The average molecular weight is 330 g/mol. The van der Waals surface area contributed by atoms with Crippen molar-refractivity contribution in [2.45, 2.75) is 19.6 Å². The second kappa shape index (κ2) is 6.47. The number of alkyl halides is 3. The number of aryl methyl sites for hydroxylation is 1. The Morgan fingerprint density at radius 1 is 1.35 bits per heavy atom. The molecule has 2 atom stereocenters. The molecule has 1 aliphatic heterocycles. The lowest BCUT2D eigenvalue weighted by Gasteiger charge is -2.18. The van der Waals surface area contributed by atoms with Crippen LogP contribution in [0.2, 0.25) is 0 Å². The van der Waals surface area contributed by atoms with Crippen LogP contribution >= 0.6 is 0 Å². The first-order chi connectivity index (χ1) is 10.7. The van der Waals surface area contributed by atoms with Gasteiger partial charge in [0.05, 0.1) is 11.8 Å². The summed E-state index contributed by atoms with van der Waals surface area (Å²) < 4.78 is 38.6. The van der Waals surface area contributed by atoms with Crippen molar-refractivity contribution in [3.05, 3.63) is 35.4 Å². The summed E-state index contributed by atoms with van der Waals surface area (Å²) in [5.41, 5.74) is 1.82. The number of hydrogen-bond donors (Lipinski definition) is 2. The molecule has 1 fully saturated rings. The van der Waals surface area contributed by atoms with E-state index in [1.165, 1.54) is 0 Å². The SMILES string of the molecule is Cc1cccc(CNC(=O)N2C[C@@H](C(F)(F)F)[C@H](C(=O)O)C2)c1. The van der Waals surface area contributed by atoms with Gasteiger partial charge in [-0.05, 0) is 12.5 Å². The molecule has 0 saturated carbocycles. The first-order valence-electron chi connectivity index (χ1n) is 7.06. The Labute approximate surface area is 131 Å². The maximum Gasteiger partial charge on any atom is 0.394 e. The van der Waals surface area contributed by atoms with Crippen LogP contribution in [0.1, 0.15) is 11.1 Å². The summed E-state index contributed by atoms with van der Waals surface area (Å²) in [5.74, 6) is -5.20. The van der Waals surface area contributed by atoms with Gasteiger partial charge in [-0.1, -0.05) is 29.8 Å². The summed E-state index contributed by atoms with van der Waals surface area (Å²) in [6.45, 7) is 0.974. The van der Waals surface area contributed by atoms with E-state index in [1.807, 2.05) is 25.1 Å². The predicted octanol–water partition coefficient (Wildman–Crippen LogP) is 2.40. The third kappa shape index (κ3) is 4.14. The quantitative estimate of drug-likeness (QED) is 0.894. The Bertz CT molecular complexity index is 604. The summed E-state index contributed by atoms with van der Waals surface area (Å²) in [5, 5.41) is 11.5. The number of carboxylic acids is 1. The molecule has 0 bridgehead atoms. The molecule has 0 aromatic heterocycles. The Morgan fingerprint density at radius 3 is 2.57 bits per heavy atom. The second-order valence-electron chi connectivity index (χ2n) is 5.65. The van der Waals surface area contributed by atoms with Gasteiger partial charge in [0, 0.05) is 19.6 Å². The molecule has 0 aliphatic carbocycles. The summed E-state index contributed by atoms with van der Waals surface area (Å²) in [4.78, 5) is 23.9. The zero-order chi connectivity index (χ0) is 17.2. The molecule has 126 valence electrons. The lowest BCUT2D eigenvalue weighted by Crippen LogP contribution is -2.39. The molecular formula is C15H17F3N2O3. The van der Waals surface area contributed by atoms with E-state index >= 15 is 0 Å². The predicted molar refractivity (Wildman–Crippen MR) is 75.7 cm³/mol. The highest BCUT2D eigenvalue weighted by Crippen LogP contribution is 2.37. The van der Waals surface area contributed by atoms with Crippen LogP contribution in [-0.2, 0) is 11.3 Å². The molecule has 1 saturated heterocycles. The van der Waals surface area contributed by atoms with E-state index in [1.54, 1.807) is 6.07 Å². The lowest BCUT2D eigenvalue weighted by molar-refractivity contribution is -0.187. The Balaban J connectivity index is 1.99. The normalized spacial score (nSPS) is 21.3. The zero-order valence-corrected chi connectivity index (χ0v) is 12.4. The Morgan fingerprint density at radius 2 is 2.04 bits per heavy atom. The molecule has 2 amide bonds. The van der Waals surface area contributed by atoms with Crippen molar-refractivity contribution in [2.75, 3.05) is 13.1 Å². The van der Waals surface area contributed by atoms with E-state index in [0.717, 1.165) is 16.0 Å². The number of likely N-dealkylation sites (tertiary alicyclic amines) is 1. The monoisotopic (exact) mass is 330 g/mol. The topological polar surface area (TPSA) is 69.6 Å². The summed E-state index contributed by atoms with van der Waals surface area (Å²) in [6.07, 6.45) is -4.64. The molecule has 5 nitrogen and oxygen atoms in total. The first-order valence-corrected chi connectivity index (χ1v) is 7.06. The van der Waals surface area contributed by atoms with Gasteiger partial charge in [-0.25, -0.2) is 4.79 Å². The van der Waals surface area contributed by atoms with Crippen LogP contribution in [0.4, 0.5) is 18.0 Å². The fourth-order valence-corrected chi connectivity index (χ4v) is 2.66. The fraction of sp³-hybridized carbons (Fsp3) is 0.467. The minimum Gasteiger partial charge on any atom is -0.481 e. The van der Waals surface area contributed by atoms with Gasteiger partial charge in [0.25, 0.3) is 0 Å². The summed E-state index contributed by atoms with van der Waals surface area (Å²) in [6, 6.07) is 6.65. The van der Waals surface area contributed by atoms with Crippen LogP contribution in [0, 0.1) is 18.8 Å². The number of carbonyl (C=O) groups excluding carboxylic acids is 1. The third-order valence-electron chi connectivity index (χ3n) is 3.87. The average Bonchev–Trinajstić information content (AvgIpc) is 2.90. The van der Waals surface area contributed by atoms with Gasteiger partial charge in [0.15, 0.2) is 0 Å². The molecule has 0 spiro atoms. The molecule has 1 aromatic carbocycles. The van der Waals surface area contributed by atoms with E-state index in [-0.39, 0.29) is 6.54 Å². The minimum atomic E-state index is -4.64. The van der Waals surface area contributed by atoms with Crippen molar-refractivity contribution in [3.8, 4) is 0 Å². The molecule has 1 heterocycles. The number of aliphatic carboxylic acids is 1. The Hall–Kier alpha value is -2.25.